The Morgan fingerprint density at radius 1 is 1.25 bits per heavy atom. The molecule has 0 spiro atoms. The molecule has 0 aliphatic carbocycles. The van der Waals surface area contributed by atoms with Gasteiger partial charge < -0.3 is 14.9 Å². The fraction of sp³-hybridized carbons (Fsp3) is 0.375. The van der Waals surface area contributed by atoms with E-state index >= 15 is 0 Å². The molecule has 0 saturated heterocycles. The first-order valence-corrected chi connectivity index (χ1v) is 6.72. The summed E-state index contributed by atoms with van der Waals surface area (Å²) in [6.07, 6.45) is 0. The number of nitrogens with zero attached hydrogens (tertiary/aromatic N) is 1. The van der Waals surface area contributed by atoms with Crippen LogP contribution in [-0.4, -0.2) is 19.1 Å². The van der Waals surface area contributed by atoms with Crippen LogP contribution in [0.5, 0.6) is 5.75 Å². The van der Waals surface area contributed by atoms with Gasteiger partial charge in [-0.15, -0.1) is 0 Å². The molecule has 108 valence electrons. The molecule has 0 atom stereocenters. The van der Waals surface area contributed by atoms with Crippen molar-refractivity contribution in [3.8, 4) is 5.75 Å². The molecule has 0 saturated carbocycles. The molecule has 2 N–H and O–H groups in total. The molecule has 0 unspecified atom stereocenters. The fourth-order valence-electron chi connectivity index (χ4n) is 2.27. The van der Waals surface area contributed by atoms with Crippen molar-refractivity contribution >= 4 is 0 Å². The quantitative estimate of drug-likeness (QED) is 0.880. The molecule has 1 aromatic heterocycles. The third kappa shape index (κ3) is 3.62. The number of nitrogens with two attached hydrogens (primary N) is 1. The maximum absolute atomic E-state index is 5.60. The van der Waals surface area contributed by atoms with Crippen molar-refractivity contribution in [2.75, 3.05) is 14.2 Å². The number of methoxy groups -OCH3 is 1. The number of benzene rings is 1. The van der Waals surface area contributed by atoms with Gasteiger partial charge in [0.15, 0.2) is 0 Å². The van der Waals surface area contributed by atoms with Crippen LogP contribution in [0, 0.1) is 6.92 Å². The number of ether oxygens (including phenoxy) is 1. The zero-order valence-electron chi connectivity index (χ0n) is 12.3. The molecule has 2 rings (SSSR count). The highest BCUT2D eigenvalue weighted by Gasteiger charge is 2.09. The molecule has 4 nitrogen and oxygen atoms in total. The van der Waals surface area contributed by atoms with Crippen LogP contribution in [0.4, 0.5) is 0 Å². The van der Waals surface area contributed by atoms with Crippen molar-refractivity contribution < 1.29 is 9.15 Å². The van der Waals surface area contributed by atoms with Gasteiger partial charge in [0.2, 0.25) is 0 Å². The molecule has 0 aliphatic rings. The Morgan fingerprint density at radius 2 is 2.05 bits per heavy atom. The van der Waals surface area contributed by atoms with Crippen molar-refractivity contribution in [2.24, 2.45) is 5.73 Å². The van der Waals surface area contributed by atoms with Crippen molar-refractivity contribution in [2.45, 2.75) is 26.6 Å². The zero-order valence-corrected chi connectivity index (χ0v) is 12.3. The van der Waals surface area contributed by atoms with Gasteiger partial charge in [0.1, 0.15) is 17.3 Å². The third-order valence-corrected chi connectivity index (χ3v) is 3.30. The van der Waals surface area contributed by atoms with Crippen LogP contribution in [-0.2, 0) is 19.6 Å². The van der Waals surface area contributed by atoms with E-state index in [1.165, 1.54) is 11.1 Å². The fourth-order valence-corrected chi connectivity index (χ4v) is 2.27. The first-order chi connectivity index (χ1) is 9.62. The average Bonchev–Trinajstić information content (AvgIpc) is 2.79. The summed E-state index contributed by atoms with van der Waals surface area (Å²) in [5, 5.41) is 0. The lowest BCUT2D eigenvalue weighted by Gasteiger charge is -2.16. The van der Waals surface area contributed by atoms with Crippen LogP contribution in [0.3, 0.4) is 0 Å². The zero-order chi connectivity index (χ0) is 14.5. The molecule has 0 amide bonds. The van der Waals surface area contributed by atoms with Gasteiger partial charge in [-0.25, -0.2) is 0 Å². The SMILES string of the molecule is COc1cccc(CN(C)Cc2cc(CN)oc2C)c1. The predicted octanol–water partition coefficient (Wildman–Crippen LogP) is 2.69. The highest BCUT2D eigenvalue weighted by atomic mass is 16.5. The molecule has 0 aliphatic heterocycles. The van der Waals surface area contributed by atoms with E-state index < -0.39 is 0 Å². The van der Waals surface area contributed by atoms with Gasteiger partial charge in [0.05, 0.1) is 13.7 Å². The molecule has 20 heavy (non-hydrogen) atoms. The lowest BCUT2D eigenvalue weighted by molar-refractivity contribution is 0.315. The normalized spacial score (nSPS) is 11.1. The van der Waals surface area contributed by atoms with E-state index in [9.17, 15) is 0 Å². The highest BCUT2D eigenvalue weighted by molar-refractivity contribution is 5.28. The van der Waals surface area contributed by atoms with Gasteiger partial charge in [-0.2, -0.15) is 0 Å². The molecular weight excluding hydrogens is 252 g/mol. The van der Waals surface area contributed by atoms with E-state index in [1.807, 2.05) is 25.1 Å². The summed E-state index contributed by atoms with van der Waals surface area (Å²) < 4.78 is 10.8. The van der Waals surface area contributed by atoms with E-state index in [-0.39, 0.29) is 0 Å². The Labute approximate surface area is 120 Å². The van der Waals surface area contributed by atoms with Gasteiger partial charge in [0, 0.05) is 18.7 Å². The van der Waals surface area contributed by atoms with Gasteiger partial charge in [-0.3, -0.25) is 4.90 Å². The lowest BCUT2D eigenvalue weighted by Crippen LogP contribution is -2.17. The molecule has 0 bridgehead atoms. The van der Waals surface area contributed by atoms with Crippen molar-refractivity contribution in [1.29, 1.82) is 0 Å². The summed E-state index contributed by atoms with van der Waals surface area (Å²) in [4.78, 5) is 2.24. The van der Waals surface area contributed by atoms with Crippen molar-refractivity contribution in [1.82, 2.24) is 4.90 Å². The largest absolute Gasteiger partial charge is 0.497 e. The summed E-state index contributed by atoms with van der Waals surface area (Å²) in [5.74, 6) is 2.68. The van der Waals surface area contributed by atoms with Crippen molar-refractivity contribution in [3.05, 3.63) is 53.0 Å². The summed E-state index contributed by atoms with van der Waals surface area (Å²) in [7, 11) is 3.78. The summed E-state index contributed by atoms with van der Waals surface area (Å²) >= 11 is 0. The molecule has 4 heteroatoms. The standard InChI is InChI=1S/C16H22N2O2/c1-12-14(8-16(9-17)20-12)11-18(2)10-13-5-4-6-15(7-13)19-3/h4-8H,9-11,17H2,1-3H3. The van der Waals surface area contributed by atoms with Crippen LogP contribution >= 0.6 is 0 Å². The summed E-state index contributed by atoms with van der Waals surface area (Å²) in [6, 6.07) is 10.2. The Kier molecular flexibility index (Phi) is 4.82. The lowest BCUT2D eigenvalue weighted by atomic mass is 10.2. The van der Waals surface area contributed by atoms with Gasteiger partial charge in [0.25, 0.3) is 0 Å². The van der Waals surface area contributed by atoms with E-state index in [2.05, 4.69) is 24.1 Å². The minimum atomic E-state index is 0.445. The predicted molar refractivity (Wildman–Crippen MR) is 79.5 cm³/mol. The van der Waals surface area contributed by atoms with E-state index in [0.29, 0.717) is 6.54 Å². The van der Waals surface area contributed by atoms with Gasteiger partial charge in [-0.05, 0) is 37.7 Å². The van der Waals surface area contributed by atoms with Crippen LogP contribution < -0.4 is 10.5 Å². The Hall–Kier alpha value is -1.78. The third-order valence-electron chi connectivity index (χ3n) is 3.30. The summed E-state index contributed by atoms with van der Waals surface area (Å²) in [6.45, 7) is 4.13. The van der Waals surface area contributed by atoms with Crippen LogP contribution in [0.25, 0.3) is 0 Å². The number of hydrogen-bond donors (Lipinski definition) is 1. The first kappa shape index (κ1) is 14.6. The van der Waals surface area contributed by atoms with Crippen molar-refractivity contribution in [3.63, 3.8) is 0 Å². The van der Waals surface area contributed by atoms with Crippen LogP contribution in [0.1, 0.15) is 22.6 Å². The maximum Gasteiger partial charge on any atom is 0.119 e. The molecule has 1 aromatic carbocycles. The number of rotatable bonds is 6. The number of hydrogen-bond acceptors (Lipinski definition) is 4. The van der Waals surface area contributed by atoms with E-state index in [1.54, 1.807) is 7.11 Å². The molecule has 0 fully saturated rings. The van der Waals surface area contributed by atoms with Crippen LogP contribution in [0.15, 0.2) is 34.7 Å². The number of aryl methyl sites for hydroxylation is 1. The summed E-state index contributed by atoms with van der Waals surface area (Å²) in [5.41, 5.74) is 8.02. The minimum Gasteiger partial charge on any atom is -0.497 e. The second-order valence-corrected chi connectivity index (χ2v) is 5.02. The molecule has 1 heterocycles. The van der Waals surface area contributed by atoms with Crippen LogP contribution in [0.2, 0.25) is 0 Å². The Balaban J connectivity index is 2.00. The average molecular weight is 274 g/mol. The molecule has 2 aromatic rings. The monoisotopic (exact) mass is 274 g/mol. The second kappa shape index (κ2) is 6.59. The Bertz CT molecular complexity index is 563. The Morgan fingerprint density at radius 3 is 2.70 bits per heavy atom. The first-order valence-electron chi connectivity index (χ1n) is 6.72. The topological polar surface area (TPSA) is 51.6 Å². The maximum atomic E-state index is 5.60. The molecule has 0 radical (unpaired) electrons. The van der Waals surface area contributed by atoms with Gasteiger partial charge >= 0.3 is 0 Å². The minimum absolute atomic E-state index is 0.445. The smallest absolute Gasteiger partial charge is 0.119 e. The van der Waals surface area contributed by atoms with E-state index in [4.69, 9.17) is 14.9 Å². The highest BCUT2D eigenvalue weighted by Crippen LogP contribution is 2.18. The van der Waals surface area contributed by atoms with E-state index in [0.717, 1.165) is 30.4 Å². The van der Waals surface area contributed by atoms with Gasteiger partial charge in [-0.1, -0.05) is 12.1 Å². The number of furan rings is 1. The molecular formula is C16H22N2O2. The second-order valence-electron chi connectivity index (χ2n) is 5.02.